The predicted octanol–water partition coefficient (Wildman–Crippen LogP) is 3.57. The molecule has 1 N–H and O–H groups in total. The normalized spacial score (nSPS) is 10.6. The number of hydrogen-bond acceptors (Lipinski definition) is 4. The van der Waals surface area contributed by atoms with Gasteiger partial charge in [0, 0.05) is 11.7 Å². The summed E-state index contributed by atoms with van der Waals surface area (Å²) >= 11 is 0. The van der Waals surface area contributed by atoms with Gasteiger partial charge in [-0.05, 0) is 45.4 Å². The number of hydrogen-bond donors (Lipinski definition) is 1. The zero-order valence-electron chi connectivity index (χ0n) is 11.4. The fourth-order valence-corrected chi connectivity index (χ4v) is 1.40. The van der Waals surface area contributed by atoms with Gasteiger partial charge in [-0.2, -0.15) is 0 Å². The van der Waals surface area contributed by atoms with Crippen molar-refractivity contribution in [1.29, 1.82) is 0 Å². The average molecular weight is 251 g/mol. The Morgan fingerprint density at radius 3 is 2.28 bits per heavy atom. The van der Waals surface area contributed by atoms with E-state index in [1.54, 1.807) is 13.8 Å². The van der Waals surface area contributed by atoms with Gasteiger partial charge >= 0.3 is 6.16 Å². The number of rotatable bonds is 5. The van der Waals surface area contributed by atoms with Crippen molar-refractivity contribution in [2.45, 2.75) is 46.4 Å². The molecule has 100 valence electrons. The molecule has 0 unspecified atom stereocenters. The minimum absolute atomic E-state index is 0.157. The molecule has 1 rings (SSSR count). The van der Waals surface area contributed by atoms with Gasteiger partial charge in [0.05, 0.1) is 6.10 Å². The molecular formula is C14H21NO3. The minimum Gasteiger partial charge on any atom is -0.432 e. The molecule has 0 spiro atoms. The van der Waals surface area contributed by atoms with Gasteiger partial charge in [0.25, 0.3) is 0 Å². The number of benzene rings is 1. The summed E-state index contributed by atoms with van der Waals surface area (Å²) in [5.74, 6) is 0. The maximum Gasteiger partial charge on any atom is 0.508 e. The first-order valence-electron chi connectivity index (χ1n) is 6.16. The molecule has 0 aliphatic heterocycles. The third-order valence-corrected chi connectivity index (χ3v) is 2.10. The minimum atomic E-state index is -0.630. The van der Waals surface area contributed by atoms with E-state index in [2.05, 4.69) is 19.2 Å². The van der Waals surface area contributed by atoms with Gasteiger partial charge in [-0.25, -0.2) is 4.79 Å². The van der Waals surface area contributed by atoms with Crippen molar-refractivity contribution in [3.05, 3.63) is 29.8 Å². The summed E-state index contributed by atoms with van der Waals surface area (Å²) in [4.78, 5) is 11.2. The van der Waals surface area contributed by atoms with Crippen molar-refractivity contribution in [2.75, 3.05) is 5.32 Å². The van der Waals surface area contributed by atoms with E-state index in [1.807, 2.05) is 24.3 Å². The number of ether oxygens (including phenoxy) is 2. The van der Waals surface area contributed by atoms with Crippen LogP contribution in [0.2, 0.25) is 0 Å². The van der Waals surface area contributed by atoms with Crippen LogP contribution in [-0.4, -0.2) is 18.3 Å². The van der Waals surface area contributed by atoms with Crippen LogP contribution in [0.1, 0.15) is 33.3 Å². The van der Waals surface area contributed by atoms with Crippen LogP contribution in [0.3, 0.4) is 0 Å². The Balaban J connectivity index is 2.41. The molecule has 0 aliphatic carbocycles. The molecule has 4 heteroatoms. The summed E-state index contributed by atoms with van der Waals surface area (Å²) in [6, 6.07) is 8.17. The summed E-state index contributed by atoms with van der Waals surface area (Å²) in [6.07, 6.45) is -0.788. The van der Waals surface area contributed by atoms with Crippen LogP contribution >= 0.6 is 0 Å². The second-order valence-corrected chi connectivity index (χ2v) is 4.70. The molecule has 0 saturated carbocycles. The summed E-state index contributed by atoms with van der Waals surface area (Å²) in [6.45, 7) is 7.96. The average Bonchev–Trinajstić information content (AvgIpc) is 2.26. The van der Waals surface area contributed by atoms with Crippen molar-refractivity contribution >= 4 is 11.8 Å². The Morgan fingerprint density at radius 1 is 1.17 bits per heavy atom. The van der Waals surface area contributed by atoms with Gasteiger partial charge in [0.15, 0.2) is 0 Å². The second-order valence-electron chi connectivity index (χ2n) is 4.70. The maximum absolute atomic E-state index is 11.2. The highest BCUT2D eigenvalue weighted by Gasteiger charge is 2.06. The number of carbonyl (C=O) groups excluding carboxylic acids is 1. The quantitative estimate of drug-likeness (QED) is 0.813. The van der Waals surface area contributed by atoms with Crippen molar-refractivity contribution < 1.29 is 14.3 Å². The zero-order chi connectivity index (χ0) is 13.5. The molecule has 0 fully saturated rings. The Bertz CT molecular complexity index is 371. The van der Waals surface area contributed by atoms with E-state index < -0.39 is 6.16 Å². The molecule has 0 amide bonds. The second kappa shape index (κ2) is 6.89. The van der Waals surface area contributed by atoms with Crippen molar-refractivity contribution in [3.8, 4) is 0 Å². The number of carbonyl (C=O) groups is 1. The third-order valence-electron chi connectivity index (χ3n) is 2.10. The van der Waals surface area contributed by atoms with Crippen LogP contribution in [0, 0.1) is 0 Å². The Kier molecular flexibility index (Phi) is 5.49. The van der Waals surface area contributed by atoms with Gasteiger partial charge in [0.1, 0.15) is 6.61 Å². The van der Waals surface area contributed by atoms with Gasteiger partial charge < -0.3 is 14.8 Å². The molecule has 0 bridgehead atoms. The lowest BCUT2D eigenvalue weighted by Crippen LogP contribution is -2.13. The van der Waals surface area contributed by atoms with E-state index in [0.717, 1.165) is 11.3 Å². The van der Waals surface area contributed by atoms with Crippen LogP contribution in [0.15, 0.2) is 24.3 Å². The molecule has 0 radical (unpaired) electrons. The number of anilines is 1. The molecule has 4 nitrogen and oxygen atoms in total. The van der Waals surface area contributed by atoms with E-state index in [0.29, 0.717) is 6.04 Å². The summed E-state index contributed by atoms with van der Waals surface area (Å²) in [7, 11) is 0. The molecular weight excluding hydrogens is 230 g/mol. The van der Waals surface area contributed by atoms with Gasteiger partial charge in [-0.1, -0.05) is 12.1 Å². The molecule has 0 aromatic heterocycles. The standard InChI is InChI=1S/C14H21NO3/c1-10(2)15-13-7-5-12(6-8-13)9-17-14(16)18-11(3)4/h5-8,10-11,15H,9H2,1-4H3. The first kappa shape index (κ1) is 14.4. The fourth-order valence-electron chi connectivity index (χ4n) is 1.40. The maximum atomic E-state index is 11.2. The van der Waals surface area contributed by atoms with E-state index in [1.165, 1.54) is 0 Å². The zero-order valence-corrected chi connectivity index (χ0v) is 11.4. The van der Waals surface area contributed by atoms with E-state index in [-0.39, 0.29) is 12.7 Å². The van der Waals surface area contributed by atoms with Crippen LogP contribution in [0.5, 0.6) is 0 Å². The van der Waals surface area contributed by atoms with E-state index in [4.69, 9.17) is 9.47 Å². The van der Waals surface area contributed by atoms with Gasteiger partial charge in [-0.3, -0.25) is 0 Å². The molecule has 0 heterocycles. The predicted molar refractivity (Wildman–Crippen MR) is 71.6 cm³/mol. The van der Waals surface area contributed by atoms with Crippen LogP contribution in [0.4, 0.5) is 10.5 Å². The lowest BCUT2D eigenvalue weighted by molar-refractivity contribution is 0.0298. The third kappa shape index (κ3) is 5.57. The molecule has 0 saturated heterocycles. The lowest BCUT2D eigenvalue weighted by Gasteiger charge is -2.11. The smallest absolute Gasteiger partial charge is 0.432 e. The highest BCUT2D eigenvalue weighted by molar-refractivity contribution is 5.60. The Morgan fingerprint density at radius 2 is 1.78 bits per heavy atom. The van der Waals surface area contributed by atoms with Crippen molar-refractivity contribution in [1.82, 2.24) is 0 Å². The summed E-state index contributed by atoms with van der Waals surface area (Å²) < 4.78 is 9.85. The van der Waals surface area contributed by atoms with E-state index >= 15 is 0 Å². The molecule has 18 heavy (non-hydrogen) atoms. The SMILES string of the molecule is CC(C)Nc1ccc(COC(=O)OC(C)C)cc1. The summed E-state index contributed by atoms with van der Waals surface area (Å²) in [5.41, 5.74) is 1.99. The Hall–Kier alpha value is -1.71. The van der Waals surface area contributed by atoms with Crippen LogP contribution in [-0.2, 0) is 16.1 Å². The van der Waals surface area contributed by atoms with Crippen LogP contribution < -0.4 is 5.32 Å². The van der Waals surface area contributed by atoms with Gasteiger partial charge in [-0.15, -0.1) is 0 Å². The summed E-state index contributed by atoms with van der Waals surface area (Å²) in [5, 5.41) is 3.29. The van der Waals surface area contributed by atoms with Crippen molar-refractivity contribution in [3.63, 3.8) is 0 Å². The first-order valence-corrected chi connectivity index (χ1v) is 6.16. The molecule has 1 aromatic carbocycles. The highest BCUT2D eigenvalue weighted by Crippen LogP contribution is 2.11. The molecule has 0 aliphatic rings. The monoisotopic (exact) mass is 251 g/mol. The Labute approximate surface area is 108 Å². The number of nitrogens with one attached hydrogen (secondary N) is 1. The highest BCUT2D eigenvalue weighted by atomic mass is 16.7. The fraction of sp³-hybridized carbons (Fsp3) is 0.500. The van der Waals surface area contributed by atoms with Crippen LogP contribution in [0.25, 0.3) is 0 Å². The van der Waals surface area contributed by atoms with Gasteiger partial charge in [0.2, 0.25) is 0 Å². The van der Waals surface area contributed by atoms with E-state index in [9.17, 15) is 4.79 Å². The largest absolute Gasteiger partial charge is 0.508 e. The topological polar surface area (TPSA) is 47.6 Å². The lowest BCUT2D eigenvalue weighted by atomic mass is 10.2. The molecule has 0 atom stereocenters. The molecule has 1 aromatic rings. The first-order chi connectivity index (χ1) is 8.47. The van der Waals surface area contributed by atoms with Crippen molar-refractivity contribution in [2.24, 2.45) is 0 Å².